The topological polar surface area (TPSA) is 169 Å². The van der Waals surface area contributed by atoms with Crippen molar-refractivity contribution in [2.24, 2.45) is 0 Å². The van der Waals surface area contributed by atoms with Crippen molar-refractivity contribution in [1.82, 2.24) is 0 Å². The van der Waals surface area contributed by atoms with E-state index in [0.717, 1.165) is 44.9 Å². The van der Waals surface area contributed by atoms with E-state index in [2.05, 4.69) is 26.0 Å². The van der Waals surface area contributed by atoms with Crippen LogP contribution in [0.3, 0.4) is 0 Å². The Hall–Kier alpha value is -2.05. The van der Waals surface area contributed by atoms with Gasteiger partial charge < -0.3 is 39.4 Å². The molecule has 1 heterocycles. The number of carbonyl (C=O) groups is 3. The van der Waals surface area contributed by atoms with Crippen LogP contribution in [0.2, 0.25) is 0 Å². The molecule has 0 spiro atoms. The number of unbranched alkanes of at least 4 members (excludes halogenated alkanes) is 37. The van der Waals surface area contributed by atoms with Crippen molar-refractivity contribution < 1.29 is 53.8 Å². The van der Waals surface area contributed by atoms with E-state index in [0.29, 0.717) is 12.8 Å². The fourth-order valence-corrected chi connectivity index (χ4v) is 9.11. The molecule has 400 valence electrons. The molecule has 0 aromatic carbocycles. The minimum atomic E-state index is -1.86. The zero-order chi connectivity index (χ0) is 49.6. The molecule has 0 amide bonds. The van der Waals surface area contributed by atoms with Crippen molar-refractivity contribution in [3.8, 4) is 0 Å². The SMILES string of the molecule is CCCCCCCCC/C=C\CCCCCCCCCC(=O)OCC(COC1OC(C(=O)O)C(O)C(O)C1O)OC(=O)CCCCCCCCCCCCCCCCCCCCCCCCCC. The van der Waals surface area contributed by atoms with Gasteiger partial charge in [0.05, 0.1) is 6.61 Å². The Kier molecular flexibility index (Phi) is 44.5. The fourth-order valence-electron chi connectivity index (χ4n) is 9.11. The van der Waals surface area contributed by atoms with Gasteiger partial charge >= 0.3 is 17.9 Å². The molecule has 0 aromatic heterocycles. The first-order valence-corrected chi connectivity index (χ1v) is 28.7. The predicted octanol–water partition coefficient (Wildman–Crippen LogP) is 14.3. The lowest BCUT2D eigenvalue weighted by atomic mass is 9.99. The summed E-state index contributed by atoms with van der Waals surface area (Å²) in [6.45, 7) is 3.87. The Morgan fingerprint density at radius 2 is 0.779 bits per heavy atom. The van der Waals surface area contributed by atoms with Crippen molar-refractivity contribution >= 4 is 17.9 Å². The molecule has 1 rings (SSSR count). The lowest BCUT2D eigenvalue weighted by Crippen LogP contribution is -2.60. The molecule has 0 aliphatic carbocycles. The number of esters is 2. The van der Waals surface area contributed by atoms with E-state index in [9.17, 15) is 34.8 Å². The summed E-state index contributed by atoms with van der Waals surface area (Å²) in [6.07, 6.45) is 45.6. The summed E-state index contributed by atoms with van der Waals surface area (Å²) in [6, 6.07) is 0. The van der Waals surface area contributed by atoms with E-state index in [4.69, 9.17) is 18.9 Å². The first kappa shape index (κ1) is 64.0. The first-order valence-electron chi connectivity index (χ1n) is 28.7. The third kappa shape index (κ3) is 37.7. The summed E-state index contributed by atoms with van der Waals surface area (Å²) in [7, 11) is 0. The third-order valence-corrected chi connectivity index (χ3v) is 13.6. The number of carboxylic acid groups (broad SMARTS) is 1. The van der Waals surface area contributed by atoms with Crippen LogP contribution in [0.4, 0.5) is 0 Å². The Morgan fingerprint density at radius 3 is 1.15 bits per heavy atom. The second-order valence-corrected chi connectivity index (χ2v) is 20.1. The molecule has 0 aromatic rings. The maximum atomic E-state index is 12.9. The highest BCUT2D eigenvalue weighted by molar-refractivity contribution is 5.73. The molecular weight excluding hydrogens is 861 g/mol. The summed E-state index contributed by atoms with van der Waals surface area (Å²) in [5.41, 5.74) is 0. The van der Waals surface area contributed by atoms with Crippen LogP contribution < -0.4 is 0 Å². The molecule has 6 unspecified atom stereocenters. The Labute approximate surface area is 416 Å². The number of aliphatic carboxylic acids is 1. The Bertz CT molecular complexity index is 1180. The number of carbonyl (C=O) groups excluding carboxylic acids is 2. The van der Waals surface area contributed by atoms with Crippen LogP contribution in [-0.4, -0.2) is 88.4 Å². The van der Waals surface area contributed by atoms with Gasteiger partial charge in [-0.1, -0.05) is 244 Å². The number of rotatable bonds is 50. The van der Waals surface area contributed by atoms with E-state index in [1.807, 2.05) is 0 Å². The summed E-state index contributed by atoms with van der Waals surface area (Å²) in [5, 5.41) is 40.0. The summed E-state index contributed by atoms with van der Waals surface area (Å²) in [4.78, 5) is 37.1. The molecule has 4 N–H and O–H groups in total. The summed E-state index contributed by atoms with van der Waals surface area (Å²) < 4.78 is 21.9. The monoisotopic (exact) mass is 967 g/mol. The number of allylic oxidation sites excluding steroid dienone is 2. The van der Waals surface area contributed by atoms with Crippen molar-refractivity contribution in [3.05, 3.63) is 12.2 Å². The Morgan fingerprint density at radius 1 is 0.441 bits per heavy atom. The molecule has 1 aliphatic heterocycles. The van der Waals surface area contributed by atoms with Gasteiger partial charge in [0, 0.05) is 12.8 Å². The first-order chi connectivity index (χ1) is 33.2. The smallest absolute Gasteiger partial charge is 0.335 e. The van der Waals surface area contributed by atoms with Crippen molar-refractivity contribution in [1.29, 1.82) is 0 Å². The number of aliphatic hydroxyl groups is 3. The van der Waals surface area contributed by atoms with Crippen LogP contribution in [0, 0.1) is 0 Å². The van der Waals surface area contributed by atoms with Crippen LogP contribution in [0.25, 0.3) is 0 Å². The van der Waals surface area contributed by atoms with Gasteiger partial charge in [-0.2, -0.15) is 0 Å². The number of aliphatic hydroxyl groups excluding tert-OH is 3. The van der Waals surface area contributed by atoms with Gasteiger partial charge in [0.25, 0.3) is 0 Å². The number of carboxylic acids is 1. The summed E-state index contributed by atoms with van der Waals surface area (Å²) in [5.74, 6) is -2.42. The van der Waals surface area contributed by atoms with Crippen LogP contribution in [0.15, 0.2) is 12.2 Å². The van der Waals surface area contributed by atoms with Gasteiger partial charge in [-0.25, -0.2) is 4.79 Å². The molecule has 0 bridgehead atoms. The molecule has 6 atom stereocenters. The van der Waals surface area contributed by atoms with Crippen molar-refractivity contribution in [2.75, 3.05) is 13.2 Å². The second kappa shape index (κ2) is 47.3. The van der Waals surface area contributed by atoms with Crippen molar-refractivity contribution in [2.45, 2.75) is 320 Å². The zero-order valence-electron chi connectivity index (χ0n) is 43.9. The molecule has 0 radical (unpaired) electrons. The molecular formula is C57H106O11. The highest BCUT2D eigenvalue weighted by Crippen LogP contribution is 2.23. The quantitative estimate of drug-likeness (QED) is 0.0260. The number of ether oxygens (including phenoxy) is 4. The third-order valence-electron chi connectivity index (χ3n) is 13.6. The van der Waals surface area contributed by atoms with E-state index in [1.165, 1.54) is 199 Å². The molecule has 1 saturated heterocycles. The van der Waals surface area contributed by atoms with Gasteiger partial charge in [-0.05, 0) is 38.5 Å². The predicted molar refractivity (Wildman–Crippen MR) is 276 cm³/mol. The van der Waals surface area contributed by atoms with Crippen LogP contribution in [0.1, 0.15) is 284 Å². The molecule has 1 fully saturated rings. The Balaban J connectivity index is 2.22. The normalized spacial score (nSPS) is 18.9. The molecule has 1 aliphatic rings. The van der Waals surface area contributed by atoms with Gasteiger partial charge in [0.1, 0.15) is 24.9 Å². The van der Waals surface area contributed by atoms with E-state index >= 15 is 0 Å². The lowest BCUT2D eigenvalue weighted by molar-refractivity contribution is -0.298. The highest BCUT2D eigenvalue weighted by atomic mass is 16.7. The number of hydrogen-bond donors (Lipinski definition) is 4. The standard InChI is InChI=1S/C57H106O11/c1-3-5-7-9-11-13-15-17-19-21-23-24-25-26-27-28-30-32-34-36-38-40-42-44-46-51(59)67-49(48-66-57-54(62)52(60)53(61)55(68-57)56(63)64)47-65-50(58)45-43-41-39-37-35-33-31-29-22-20-18-16-14-12-10-8-6-4-2/h20,22,49,52-55,57,60-62H,3-19,21,23-48H2,1-2H3,(H,63,64)/b22-20-. The maximum absolute atomic E-state index is 12.9. The van der Waals surface area contributed by atoms with Crippen LogP contribution in [0.5, 0.6) is 0 Å². The van der Waals surface area contributed by atoms with Gasteiger partial charge in [0.2, 0.25) is 0 Å². The van der Waals surface area contributed by atoms with Crippen LogP contribution >= 0.6 is 0 Å². The average Bonchev–Trinajstić information content (AvgIpc) is 3.32. The minimum absolute atomic E-state index is 0.189. The van der Waals surface area contributed by atoms with Crippen molar-refractivity contribution in [3.63, 3.8) is 0 Å². The van der Waals surface area contributed by atoms with Crippen LogP contribution in [-0.2, 0) is 33.3 Å². The largest absolute Gasteiger partial charge is 0.479 e. The van der Waals surface area contributed by atoms with E-state index in [1.54, 1.807) is 0 Å². The van der Waals surface area contributed by atoms with Gasteiger partial charge in [-0.3, -0.25) is 9.59 Å². The summed E-state index contributed by atoms with van der Waals surface area (Å²) >= 11 is 0. The minimum Gasteiger partial charge on any atom is -0.479 e. The fraction of sp³-hybridized carbons (Fsp3) is 0.912. The number of hydrogen-bond acceptors (Lipinski definition) is 10. The highest BCUT2D eigenvalue weighted by Gasteiger charge is 2.47. The van der Waals surface area contributed by atoms with Gasteiger partial charge in [-0.15, -0.1) is 0 Å². The van der Waals surface area contributed by atoms with E-state index in [-0.39, 0.29) is 26.1 Å². The zero-order valence-corrected chi connectivity index (χ0v) is 43.9. The molecule has 0 saturated carbocycles. The second-order valence-electron chi connectivity index (χ2n) is 20.1. The van der Waals surface area contributed by atoms with Gasteiger partial charge in [0.15, 0.2) is 18.5 Å². The molecule has 11 heteroatoms. The lowest BCUT2D eigenvalue weighted by Gasteiger charge is -2.38. The molecule has 11 nitrogen and oxygen atoms in total. The van der Waals surface area contributed by atoms with E-state index < -0.39 is 54.7 Å². The maximum Gasteiger partial charge on any atom is 0.335 e. The molecule has 68 heavy (non-hydrogen) atoms. The average molecular weight is 967 g/mol.